The molecule has 2 aromatic rings. The molecule has 1 aliphatic rings. The van der Waals surface area contributed by atoms with Gasteiger partial charge in [0, 0.05) is 18.7 Å². The van der Waals surface area contributed by atoms with E-state index in [9.17, 15) is 4.79 Å². The van der Waals surface area contributed by atoms with Crippen LogP contribution in [0.2, 0.25) is 0 Å². The molecule has 1 fully saturated rings. The Kier molecular flexibility index (Phi) is 4.71. The molecule has 1 atom stereocenters. The molecule has 1 saturated heterocycles. The van der Waals surface area contributed by atoms with E-state index in [1.165, 1.54) is 11.8 Å². The highest BCUT2D eigenvalue weighted by Crippen LogP contribution is 2.28. The zero-order valence-electron chi connectivity index (χ0n) is 13.7. The van der Waals surface area contributed by atoms with Crippen LogP contribution in [0, 0.1) is 13.8 Å². The Bertz CT molecular complexity index is 687. The van der Waals surface area contributed by atoms with Gasteiger partial charge >= 0.3 is 0 Å². The predicted molar refractivity (Wildman–Crippen MR) is 90.3 cm³/mol. The zero-order valence-corrected chi connectivity index (χ0v) is 14.5. The lowest BCUT2D eigenvalue weighted by atomic mass is 10.1. The fraction of sp³-hybridized carbons (Fsp3) is 0.471. The van der Waals surface area contributed by atoms with Gasteiger partial charge < -0.3 is 9.32 Å². The third-order valence-corrected chi connectivity index (χ3v) is 4.84. The van der Waals surface area contributed by atoms with Crippen LogP contribution in [-0.4, -0.2) is 39.3 Å². The maximum atomic E-state index is 12.3. The molecule has 0 N–H and O–H groups in total. The summed E-state index contributed by atoms with van der Waals surface area (Å²) in [5, 5.41) is 8.43. The molecule has 1 unspecified atom stereocenters. The van der Waals surface area contributed by atoms with Gasteiger partial charge in [0.05, 0.1) is 5.25 Å². The Morgan fingerprint density at radius 1 is 1.17 bits per heavy atom. The molecule has 1 aliphatic heterocycles. The number of hydrogen-bond acceptors (Lipinski definition) is 5. The van der Waals surface area contributed by atoms with Crippen molar-refractivity contribution in [1.82, 2.24) is 15.1 Å². The number of benzene rings is 1. The first-order valence-electron chi connectivity index (χ1n) is 7.90. The van der Waals surface area contributed by atoms with Gasteiger partial charge in [-0.3, -0.25) is 4.79 Å². The van der Waals surface area contributed by atoms with E-state index in [4.69, 9.17) is 4.42 Å². The van der Waals surface area contributed by atoms with Crippen LogP contribution >= 0.6 is 11.8 Å². The standard InChI is InChI=1S/C17H21N3O2S/c1-11-8-12(2)10-14(9-11)15-18-19-17(22-15)23-13(3)16(21)20-6-4-5-7-20/h8-10,13H,4-7H2,1-3H3. The molecule has 0 spiro atoms. The Morgan fingerprint density at radius 2 is 1.83 bits per heavy atom. The summed E-state index contributed by atoms with van der Waals surface area (Å²) < 4.78 is 5.73. The van der Waals surface area contributed by atoms with Crippen LogP contribution in [0.25, 0.3) is 11.5 Å². The number of carbonyl (C=O) groups is 1. The van der Waals surface area contributed by atoms with E-state index < -0.39 is 0 Å². The molecule has 3 rings (SSSR count). The van der Waals surface area contributed by atoms with Crippen molar-refractivity contribution in [3.05, 3.63) is 29.3 Å². The SMILES string of the molecule is Cc1cc(C)cc(-c2nnc(SC(C)C(=O)N3CCCC3)o2)c1. The molecule has 1 aromatic carbocycles. The third kappa shape index (κ3) is 3.75. The Labute approximate surface area is 140 Å². The highest BCUT2D eigenvalue weighted by atomic mass is 32.2. The molecular formula is C17H21N3O2S. The van der Waals surface area contributed by atoms with Gasteiger partial charge in [0.2, 0.25) is 11.8 Å². The molecule has 2 heterocycles. The maximum Gasteiger partial charge on any atom is 0.277 e. The molecule has 6 heteroatoms. The first kappa shape index (κ1) is 16.1. The molecule has 0 aliphatic carbocycles. The van der Waals surface area contributed by atoms with Gasteiger partial charge in [0.15, 0.2) is 0 Å². The summed E-state index contributed by atoms with van der Waals surface area (Å²) in [7, 11) is 0. The second kappa shape index (κ2) is 6.74. The maximum absolute atomic E-state index is 12.3. The molecule has 23 heavy (non-hydrogen) atoms. The zero-order chi connectivity index (χ0) is 16.4. The van der Waals surface area contributed by atoms with Crippen LogP contribution in [0.3, 0.4) is 0 Å². The molecule has 1 amide bonds. The fourth-order valence-electron chi connectivity index (χ4n) is 2.87. The van der Waals surface area contributed by atoms with E-state index in [0.29, 0.717) is 11.1 Å². The lowest BCUT2D eigenvalue weighted by Crippen LogP contribution is -2.34. The summed E-state index contributed by atoms with van der Waals surface area (Å²) in [6.45, 7) is 7.70. The topological polar surface area (TPSA) is 59.2 Å². The minimum absolute atomic E-state index is 0.152. The van der Waals surface area contributed by atoms with E-state index in [-0.39, 0.29) is 11.2 Å². The van der Waals surface area contributed by atoms with Gasteiger partial charge in [-0.15, -0.1) is 10.2 Å². The van der Waals surface area contributed by atoms with Crippen LogP contribution in [0.5, 0.6) is 0 Å². The van der Waals surface area contributed by atoms with Gasteiger partial charge in [0.1, 0.15) is 0 Å². The second-order valence-corrected chi connectivity index (χ2v) is 7.33. The van der Waals surface area contributed by atoms with Crippen LogP contribution in [0.1, 0.15) is 30.9 Å². The second-order valence-electron chi connectivity index (χ2n) is 6.04. The molecule has 0 saturated carbocycles. The van der Waals surface area contributed by atoms with Crippen LogP contribution in [0.15, 0.2) is 27.8 Å². The summed E-state index contributed by atoms with van der Waals surface area (Å²) in [5.74, 6) is 0.652. The molecule has 5 nitrogen and oxygen atoms in total. The van der Waals surface area contributed by atoms with E-state index in [1.54, 1.807) is 0 Å². The Balaban J connectivity index is 1.70. The predicted octanol–water partition coefficient (Wildman–Crippen LogP) is 3.46. The van der Waals surface area contributed by atoms with Crippen molar-refractivity contribution >= 4 is 17.7 Å². The lowest BCUT2D eigenvalue weighted by Gasteiger charge is -2.18. The van der Waals surface area contributed by atoms with E-state index in [0.717, 1.165) is 42.6 Å². The van der Waals surface area contributed by atoms with Crippen molar-refractivity contribution in [2.75, 3.05) is 13.1 Å². The van der Waals surface area contributed by atoms with Crippen LogP contribution < -0.4 is 0 Å². The number of likely N-dealkylation sites (tertiary alicyclic amines) is 1. The summed E-state index contributed by atoms with van der Waals surface area (Å²) in [5.41, 5.74) is 3.23. The lowest BCUT2D eigenvalue weighted by molar-refractivity contribution is -0.129. The van der Waals surface area contributed by atoms with Crippen molar-refractivity contribution in [3.63, 3.8) is 0 Å². The smallest absolute Gasteiger partial charge is 0.277 e. The number of rotatable bonds is 4. The van der Waals surface area contributed by atoms with E-state index >= 15 is 0 Å². The summed E-state index contributed by atoms with van der Waals surface area (Å²) in [6.07, 6.45) is 2.20. The Hall–Kier alpha value is -1.82. The number of carbonyl (C=O) groups excluding carboxylic acids is 1. The fourth-order valence-corrected chi connectivity index (χ4v) is 3.64. The van der Waals surface area contributed by atoms with Crippen LogP contribution in [-0.2, 0) is 4.79 Å². The van der Waals surface area contributed by atoms with Gasteiger partial charge in [-0.2, -0.15) is 0 Å². The average Bonchev–Trinajstić information content (AvgIpc) is 3.17. The quantitative estimate of drug-likeness (QED) is 0.803. The Morgan fingerprint density at radius 3 is 2.48 bits per heavy atom. The third-order valence-electron chi connectivity index (χ3n) is 3.92. The average molecular weight is 331 g/mol. The van der Waals surface area contributed by atoms with Crippen molar-refractivity contribution in [2.45, 2.75) is 44.1 Å². The monoisotopic (exact) mass is 331 g/mol. The van der Waals surface area contributed by atoms with Gasteiger partial charge in [-0.1, -0.05) is 29.0 Å². The largest absolute Gasteiger partial charge is 0.411 e. The number of amides is 1. The van der Waals surface area contributed by atoms with Gasteiger partial charge in [-0.25, -0.2) is 0 Å². The first-order valence-corrected chi connectivity index (χ1v) is 8.78. The molecule has 122 valence electrons. The van der Waals surface area contributed by atoms with E-state index in [1.807, 2.05) is 37.8 Å². The van der Waals surface area contributed by atoms with E-state index in [2.05, 4.69) is 16.3 Å². The minimum Gasteiger partial charge on any atom is -0.411 e. The highest BCUT2D eigenvalue weighted by Gasteiger charge is 2.25. The number of hydrogen-bond donors (Lipinski definition) is 0. The normalized spacial score (nSPS) is 15.9. The van der Waals surface area contributed by atoms with Gasteiger partial charge in [0.25, 0.3) is 5.22 Å². The summed E-state index contributed by atoms with van der Waals surface area (Å²) in [4.78, 5) is 14.2. The number of nitrogens with zero attached hydrogens (tertiary/aromatic N) is 3. The van der Waals surface area contributed by atoms with Crippen molar-refractivity contribution in [2.24, 2.45) is 0 Å². The van der Waals surface area contributed by atoms with Crippen molar-refractivity contribution in [3.8, 4) is 11.5 Å². The van der Waals surface area contributed by atoms with Crippen molar-refractivity contribution < 1.29 is 9.21 Å². The summed E-state index contributed by atoms with van der Waals surface area (Å²) in [6, 6.07) is 6.15. The molecular weight excluding hydrogens is 310 g/mol. The first-order chi connectivity index (χ1) is 11.0. The molecule has 0 radical (unpaired) electrons. The van der Waals surface area contributed by atoms with Crippen LogP contribution in [0.4, 0.5) is 0 Å². The number of aromatic nitrogens is 2. The number of aryl methyl sites for hydroxylation is 2. The number of thioether (sulfide) groups is 1. The highest BCUT2D eigenvalue weighted by molar-refractivity contribution is 8.00. The minimum atomic E-state index is -0.208. The van der Waals surface area contributed by atoms with Gasteiger partial charge in [-0.05, 0) is 45.7 Å². The molecule has 0 bridgehead atoms. The van der Waals surface area contributed by atoms with Crippen molar-refractivity contribution in [1.29, 1.82) is 0 Å². The summed E-state index contributed by atoms with van der Waals surface area (Å²) >= 11 is 1.33. The molecule has 1 aromatic heterocycles.